The van der Waals surface area contributed by atoms with Gasteiger partial charge in [-0.3, -0.25) is 10.2 Å². The van der Waals surface area contributed by atoms with Crippen LogP contribution in [0.25, 0.3) is 0 Å². The zero-order valence-corrected chi connectivity index (χ0v) is 11.6. The number of aliphatic carboxylic acids is 1. The summed E-state index contributed by atoms with van der Waals surface area (Å²) in [6, 6.07) is 0. The monoisotopic (exact) mass is 411 g/mol. The molecule has 0 saturated heterocycles. The Bertz CT molecular complexity index is 177. The fourth-order valence-corrected chi connectivity index (χ4v) is 1.48. The summed E-state index contributed by atoms with van der Waals surface area (Å²) in [5.74, 6) is 1.60. The van der Waals surface area contributed by atoms with E-state index >= 15 is 0 Å². The van der Waals surface area contributed by atoms with Crippen LogP contribution in [-0.4, -0.2) is 17.0 Å². The predicted octanol–water partition coefficient (Wildman–Crippen LogP) is 1.18. The summed E-state index contributed by atoms with van der Waals surface area (Å²) in [5.41, 5.74) is 1.43. The van der Waals surface area contributed by atoms with Crippen LogP contribution in [0, 0.1) is 0 Å². The molecule has 4 N–H and O–H groups in total. The van der Waals surface area contributed by atoms with Crippen molar-refractivity contribution in [3.63, 3.8) is 0 Å². The summed E-state index contributed by atoms with van der Waals surface area (Å²) in [5, 5.41) is 7.69. The van der Waals surface area contributed by atoms with Crippen LogP contribution in [0.3, 0.4) is 0 Å². The molecule has 0 atom stereocenters. The molecule has 1 fully saturated rings. The van der Waals surface area contributed by atoms with Gasteiger partial charge < -0.3 is 5.11 Å². The summed E-state index contributed by atoms with van der Waals surface area (Å²) in [6.45, 7) is 0. The van der Waals surface area contributed by atoms with Crippen molar-refractivity contribution >= 4 is 11.9 Å². The zero-order valence-electron chi connectivity index (χ0n) is 9.31. The quantitative estimate of drug-likeness (QED) is 0.242. The minimum absolute atomic E-state index is 0. The molecule has 1 aliphatic carbocycles. The average molecular weight is 411 g/mol. The number of hydrogen-bond acceptors (Lipinski definition) is 3. The van der Waals surface area contributed by atoms with E-state index in [4.69, 9.17) is 5.11 Å². The molecule has 0 bridgehead atoms. The minimum atomic E-state index is -1.58. The number of rotatable bonds is 0. The number of carbonyl (C=O) groups is 2. The Labute approximate surface area is 110 Å². The van der Waals surface area contributed by atoms with Crippen molar-refractivity contribution in [2.45, 2.75) is 51.4 Å². The van der Waals surface area contributed by atoms with Crippen molar-refractivity contribution in [2.75, 3.05) is 0 Å². The van der Waals surface area contributed by atoms with Crippen LogP contribution in [0.4, 0.5) is 0 Å². The summed E-state index contributed by atoms with van der Waals surface area (Å²) in [7, 11) is 0. The molecule has 1 saturated carbocycles. The molecule has 1 aliphatic rings. The first-order chi connectivity index (χ1) is 7.18. The summed E-state index contributed by atoms with van der Waals surface area (Å²) < 4.78 is 0. The zero-order chi connectivity index (χ0) is 11.5. The molecule has 0 unspecified atom stereocenters. The number of amides is 1. The Hall–Kier alpha value is -0.412. The first-order valence-corrected chi connectivity index (χ1v) is 5.42. The van der Waals surface area contributed by atoms with Gasteiger partial charge in [0, 0.05) is 21.1 Å². The van der Waals surface area contributed by atoms with Crippen LogP contribution in [0.2, 0.25) is 0 Å². The topological polar surface area (TPSA) is 92.4 Å². The molecular formula is C10H20N2O3Pt. The van der Waals surface area contributed by atoms with E-state index < -0.39 is 11.9 Å². The molecule has 0 spiro atoms. The maximum atomic E-state index is 9.68. The molecule has 0 aromatic carbocycles. The summed E-state index contributed by atoms with van der Waals surface area (Å²) in [6.07, 6.45) is 12.0. The number of nitrogens with two attached hydrogens (primary N) is 1. The van der Waals surface area contributed by atoms with E-state index in [2.05, 4.69) is 5.84 Å². The van der Waals surface area contributed by atoms with E-state index in [1.807, 2.05) is 0 Å². The minimum Gasteiger partial charge on any atom is -0.474 e. The molecule has 1 rings (SSSR count). The van der Waals surface area contributed by atoms with Crippen LogP contribution >= 0.6 is 0 Å². The van der Waals surface area contributed by atoms with E-state index in [1.54, 1.807) is 0 Å². The van der Waals surface area contributed by atoms with Crippen LogP contribution in [0.5, 0.6) is 0 Å². The Kier molecular flexibility index (Phi) is 14.2. The fraction of sp³-hybridized carbons (Fsp3) is 0.800. The number of carboxylic acids is 1. The number of nitrogens with one attached hydrogen (secondary N) is 1. The average Bonchev–Trinajstić information content (AvgIpc) is 2.16. The van der Waals surface area contributed by atoms with E-state index in [1.165, 1.54) is 56.8 Å². The maximum absolute atomic E-state index is 9.68. The largest absolute Gasteiger partial charge is 0.474 e. The van der Waals surface area contributed by atoms with Crippen molar-refractivity contribution in [1.29, 1.82) is 0 Å². The van der Waals surface area contributed by atoms with Crippen LogP contribution < -0.4 is 11.3 Å². The van der Waals surface area contributed by atoms with Gasteiger partial charge in [-0.1, -0.05) is 51.4 Å². The van der Waals surface area contributed by atoms with Crippen LogP contribution in [-0.2, 0) is 30.7 Å². The molecule has 0 aromatic rings. The summed E-state index contributed by atoms with van der Waals surface area (Å²) >= 11 is 0. The van der Waals surface area contributed by atoms with Gasteiger partial charge in [0.1, 0.15) is 0 Å². The van der Waals surface area contributed by atoms with Gasteiger partial charge >= 0.3 is 11.9 Å². The molecule has 0 heterocycles. The van der Waals surface area contributed by atoms with Crippen molar-refractivity contribution in [3.8, 4) is 0 Å². The summed E-state index contributed by atoms with van der Waals surface area (Å²) in [4.78, 5) is 19.1. The molecule has 0 aromatic heterocycles. The third-order valence-electron chi connectivity index (χ3n) is 2.33. The normalized spacial score (nSPS) is 15.3. The van der Waals surface area contributed by atoms with E-state index in [0.717, 1.165) is 0 Å². The van der Waals surface area contributed by atoms with Gasteiger partial charge in [0.25, 0.3) is 0 Å². The van der Waals surface area contributed by atoms with Gasteiger partial charge in [-0.25, -0.2) is 10.6 Å². The first kappa shape index (κ1) is 18.0. The Morgan fingerprint density at radius 2 is 1.12 bits per heavy atom. The smallest absolute Gasteiger partial charge is 0.395 e. The van der Waals surface area contributed by atoms with E-state index in [0.29, 0.717) is 0 Å². The Balaban J connectivity index is 0. The van der Waals surface area contributed by atoms with Gasteiger partial charge in [-0.15, -0.1) is 0 Å². The second-order valence-electron chi connectivity index (χ2n) is 3.61. The van der Waals surface area contributed by atoms with Crippen molar-refractivity contribution in [1.82, 2.24) is 5.43 Å². The van der Waals surface area contributed by atoms with Crippen molar-refractivity contribution < 1.29 is 35.8 Å². The van der Waals surface area contributed by atoms with E-state index in [9.17, 15) is 9.59 Å². The second kappa shape index (κ2) is 12.7. The first-order valence-electron chi connectivity index (χ1n) is 5.42. The number of carbonyl (C=O) groups excluding carboxylic acids is 1. The maximum Gasteiger partial charge on any atom is 0.395 e. The van der Waals surface area contributed by atoms with Crippen molar-refractivity contribution in [2.24, 2.45) is 5.84 Å². The molecule has 5 nitrogen and oxygen atoms in total. The van der Waals surface area contributed by atoms with Crippen molar-refractivity contribution in [3.05, 3.63) is 0 Å². The third kappa shape index (κ3) is 11.7. The molecule has 0 radical (unpaired) electrons. The number of hydrogen-bond donors (Lipinski definition) is 3. The second-order valence-corrected chi connectivity index (χ2v) is 3.61. The molecular weight excluding hydrogens is 391 g/mol. The predicted molar refractivity (Wildman–Crippen MR) is 56.9 cm³/mol. The number of hydrazine groups is 1. The third-order valence-corrected chi connectivity index (χ3v) is 2.33. The van der Waals surface area contributed by atoms with Crippen LogP contribution in [0.15, 0.2) is 0 Å². The Morgan fingerprint density at radius 1 is 0.875 bits per heavy atom. The number of carboxylic acid groups (broad SMARTS) is 1. The van der Waals surface area contributed by atoms with Gasteiger partial charge in [0.2, 0.25) is 0 Å². The van der Waals surface area contributed by atoms with Gasteiger partial charge in [-0.05, 0) is 0 Å². The van der Waals surface area contributed by atoms with Gasteiger partial charge in [-0.2, -0.15) is 0 Å². The molecule has 16 heavy (non-hydrogen) atoms. The Morgan fingerprint density at radius 3 is 1.19 bits per heavy atom. The fourth-order valence-electron chi connectivity index (χ4n) is 1.48. The molecule has 1 amide bonds. The standard InChI is InChI=1S/C8H16.C2H4N2O3.Pt/c1-2-4-6-8-7-5-3-1;3-4-1(5)2(6)7;/h1-8H2;3H2,(H,4,5)(H,6,7);. The molecule has 98 valence electrons. The molecule has 0 aliphatic heterocycles. The SMILES string of the molecule is C1CCCCCCC1.NNC(=O)C(=O)O.[Pt]. The van der Waals surface area contributed by atoms with Crippen LogP contribution in [0.1, 0.15) is 51.4 Å². The van der Waals surface area contributed by atoms with Gasteiger partial charge in [0.05, 0.1) is 0 Å². The van der Waals surface area contributed by atoms with E-state index in [-0.39, 0.29) is 21.1 Å². The van der Waals surface area contributed by atoms with Gasteiger partial charge in [0.15, 0.2) is 0 Å². The molecule has 6 heteroatoms.